The van der Waals surface area contributed by atoms with Gasteiger partial charge in [-0.3, -0.25) is 45.3 Å². The van der Waals surface area contributed by atoms with Crippen molar-refractivity contribution in [3.63, 3.8) is 0 Å². The first-order chi connectivity index (χ1) is 64.3. The number of carbonyl (C=O) groups is 5. The zero-order valence-corrected chi connectivity index (χ0v) is 89.7. The Hall–Kier alpha value is -9.69. The van der Waals surface area contributed by atoms with Crippen LogP contribution in [0.4, 0.5) is 0 Å². The molecule has 0 aromatic heterocycles. The highest BCUT2D eigenvalue weighted by molar-refractivity contribution is 8.00. The Morgan fingerprint density at radius 3 is 1.37 bits per heavy atom. The molecule has 0 unspecified atom stereocenters. The van der Waals surface area contributed by atoms with Crippen molar-refractivity contribution in [2.24, 2.45) is 45.3 Å². The fraction of sp³-hybridized carbons (Fsp3) is 0.670. The van der Waals surface area contributed by atoms with Crippen LogP contribution in [0.25, 0.3) is 0 Å². The first kappa shape index (κ1) is 137. The summed E-state index contributed by atoms with van der Waals surface area (Å²) in [6.07, 6.45) is 14.9. The lowest BCUT2D eigenvalue weighted by atomic mass is 9.65. The highest BCUT2D eigenvalue weighted by atomic mass is 32.2. The number of nitrogens with one attached hydrogen (secondary N) is 1. The fourth-order valence-electron chi connectivity index (χ4n) is 15.2. The number of benzene rings is 3. The number of carbonyl (C=O) groups excluding carboxylic acids is 13. The number of hydrogen-bond acceptors (Lipinski definition) is 32. The van der Waals surface area contributed by atoms with Gasteiger partial charge in [-0.05, 0) is 188 Å². The first-order valence-corrected chi connectivity index (χ1v) is 53.6. The van der Waals surface area contributed by atoms with Crippen molar-refractivity contribution in [1.82, 2.24) is 5.32 Å². The van der Waals surface area contributed by atoms with Crippen LogP contribution in [0.5, 0.6) is 0 Å². The average Bonchev–Trinajstić information content (AvgIpc) is 1.56. The van der Waals surface area contributed by atoms with Crippen LogP contribution in [0.2, 0.25) is 19.6 Å². The highest BCUT2D eigenvalue weighted by Gasteiger charge is 2.58. The number of aryl methyl sites for hydroxylation is 1. The smallest absolute Gasteiger partial charge is 0.373 e. The molecule has 1 saturated carbocycles. The van der Waals surface area contributed by atoms with Gasteiger partial charge in [0, 0.05) is 49.4 Å². The van der Waals surface area contributed by atoms with Gasteiger partial charge in [-0.15, -0.1) is 11.8 Å². The first-order valence-electron chi connectivity index (χ1n) is 46.7. The second-order valence-electron chi connectivity index (χ2n) is 37.9. The maximum Gasteiger partial charge on any atom is 0.373 e. The Labute approximate surface area is 823 Å². The Bertz CT molecular complexity index is 4160. The van der Waals surface area contributed by atoms with E-state index in [1.165, 1.54) is 30.9 Å². The van der Waals surface area contributed by atoms with E-state index in [0.29, 0.717) is 17.9 Å². The maximum absolute atomic E-state index is 13.0. The molecule has 3 aliphatic rings. The molecule has 138 heavy (non-hydrogen) atoms. The standard InChI is InChI=1S/C25H39NO5S.C20H27NOSi.C18H31NO5.C13H25NO4.C7H13O3P.C7H14O2.C6H11NO2.4CO2/c1-8-17(9-2)31-22-21(25(5,6)7)20(26(28)29)15-19(24(27)30-10-3)23(22)32-18-13-11-16(4)12-14-18;1-23(2,3)22-20(19-15-10-16-21-19,17-11-6-4-7-12-17)18-13-8-5-9-14-18;1-7-13(8-2)24-15-11-12(17(20)23-9-3)10-14(19(21)22)16(15)18(4,5)6;1-6-10(7-2)18-12(9-15)11(8-14(16)17)13(3,4)5;1-5-10-7(8)6(2)11(3,4)9;1-3-7(4-2)9-6-5-8;1-6(2,3)4-5-7(8)9;4*2-1-3/h11-14,17,19-23H,8-10,15H2,1-7H3;4-9,11-14,19,21H,10,15-16H2,1-3H3;11,13-16H,7-10H2,1-6H3;9-12H,6-8H2,1-5H3;2,5H2,1,3-4H3;5,7H,3-4,6H2,1-2H3;4-5H,1-3H3;;;;/b;;;;;;5-4+;;;;/t19-,20+,21-,22+,23-;19-;14-,15-,16-;11-,12-;;;;;;;/m1111......./s1. The summed E-state index contributed by atoms with van der Waals surface area (Å²) in [6.45, 7) is 62.1. The van der Waals surface area contributed by atoms with Gasteiger partial charge in [0.25, 0.3) is 0 Å². The Morgan fingerprint density at radius 2 is 1.04 bits per heavy atom. The van der Waals surface area contributed by atoms with Gasteiger partial charge in [0.05, 0.1) is 90.4 Å². The van der Waals surface area contributed by atoms with E-state index >= 15 is 0 Å². The minimum absolute atomic E-state index is 0.0145. The van der Waals surface area contributed by atoms with Crippen LogP contribution in [0.1, 0.15) is 253 Å². The van der Waals surface area contributed by atoms with Gasteiger partial charge in [-0.2, -0.15) is 38.4 Å². The van der Waals surface area contributed by atoms with Crippen LogP contribution >= 0.6 is 18.9 Å². The van der Waals surface area contributed by atoms with Crippen LogP contribution in [0, 0.1) is 92.7 Å². The van der Waals surface area contributed by atoms with Crippen LogP contribution in [-0.4, -0.2) is 202 Å². The van der Waals surface area contributed by atoms with Crippen LogP contribution < -0.4 is 5.32 Å². The van der Waals surface area contributed by atoms with E-state index in [2.05, 4.69) is 125 Å². The van der Waals surface area contributed by atoms with E-state index in [1.807, 2.05) is 142 Å². The summed E-state index contributed by atoms with van der Waals surface area (Å²) < 4.78 is 56.9. The lowest BCUT2D eigenvalue weighted by Gasteiger charge is -2.48. The Morgan fingerprint density at radius 1 is 0.601 bits per heavy atom. The minimum Gasteiger partial charge on any atom is -0.466 e. The molecular formula is C100H160N5O30PSSi. The zero-order valence-electron chi connectivity index (χ0n) is 87.0. The van der Waals surface area contributed by atoms with Gasteiger partial charge in [0.15, 0.2) is 8.32 Å². The van der Waals surface area contributed by atoms with E-state index in [4.69, 9.17) is 71.2 Å². The highest BCUT2D eigenvalue weighted by Crippen LogP contribution is 2.51. The van der Waals surface area contributed by atoms with Crippen molar-refractivity contribution < 1.29 is 124 Å². The number of allylic oxidation sites excluding steroid dienone is 1. The molecule has 0 spiro atoms. The normalized spacial score (nSPS) is 18.1. The average molecular weight is 2000 g/mol. The van der Waals surface area contributed by atoms with E-state index in [9.17, 15) is 69.0 Å². The maximum atomic E-state index is 13.0. The van der Waals surface area contributed by atoms with Gasteiger partial charge < -0.3 is 57.1 Å². The summed E-state index contributed by atoms with van der Waals surface area (Å²) in [5.41, 5.74) is 2.52. The fourth-order valence-corrected chi connectivity index (χ4v) is 18.4. The molecule has 1 saturated heterocycles. The molecule has 1 N–H and O–H groups in total. The quantitative estimate of drug-likeness (QED) is 0.00813. The summed E-state index contributed by atoms with van der Waals surface area (Å²) >= 11 is 1.59. The van der Waals surface area contributed by atoms with E-state index < -0.39 is 80.2 Å². The lowest BCUT2D eigenvalue weighted by molar-refractivity contribution is -0.544. The molecule has 35 nitrogen and oxygen atoms in total. The predicted octanol–water partition coefficient (Wildman–Crippen LogP) is 19.5. The number of rotatable bonds is 38. The van der Waals surface area contributed by atoms with Crippen molar-refractivity contribution in [1.29, 1.82) is 0 Å². The van der Waals surface area contributed by atoms with Gasteiger partial charge in [-0.1, -0.05) is 223 Å². The van der Waals surface area contributed by atoms with Crippen molar-refractivity contribution in [3.05, 3.63) is 178 Å². The minimum atomic E-state index is -2.51. The summed E-state index contributed by atoms with van der Waals surface area (Å²) in [5.74, 6) is -3.04. The Balaban J connectivity index is -0.000000507. The summed E-state index contributed by atoms with van der Waals surface area (Å²) in [5, 5.41) is 47.9. The van der Waals surface area contributed by atoms with Gasteiger partial charge >= 0.3 is 42.5 Å². The molecule has 3 aromatic rings. The molecular weight excluding hydrogens is 1840 g/mol. The molecule has 11 atom stereocenters. The molecule has 0 bridgehead atoms. The second-order valence-corrected chi connectivity index (χ2v) is 46.8. The topological polar surface area (TPSA) is 497 Å². The number of hydrogen-bond donors (Lipinski definition) is 1. The summed E-state index contributed by atoms with van der Waals surface area (Å²) in [7, 11) is -4.28. The van der Waals surface area contributed by atoms with E-state index in [0.717, 1.165) is 87.3 Å². The summed E-state index contributed by atoms with van der Waals surface area (Å²) in [6, 6.07) is 28.3. The number of aldehydes is 2. The number of nitro groups is 4. The third kappa shape index (κ3) is 55.9. The van der Waals surface area contributed by atoms with Crippen molar-refractivity contribution in [2.45, 2.75) is 339 Å². The van der Waals surface area contributed by atoms with Gasteiger partial charge in [-0.25, -0.2) is 9.59 Å². The third-order valence-electron chi connectivity index (χ3n) is 21.9. The SMILES string of the molecule is C=C(C(=O)OCC)P(C)(C)=O.CC(C)(C)/C=C/[N+](=O)[O-].CCC(CC)OCC=O.CCC(CC)O[C@H](C=O)[C@@H](C[N+](=O)[O-])C(C)(C)C.CCOC(=O)C1=C[C@@H](OC(CC)CC)[C@H](C(C)(C)C)[C@H]([N+](=O)[O-])C1.CCOC(=O)[C@@H]1C[C@H]([N+](=O)[O-])[C@@H](C(C)(C)C)[C@H](OC(CC)CC)[C@@H]1Sc1ccc(C)cc1.C[Si](C)(C)OC(c1ccccc1)(c1ccccc1)[C@H]1CCCN1.O=C=O.O=C=O.O=C=O.O=C=O. The molecule has 0 amide bonds. The number of thioether (sulfide) groups is 1. The van der Waals surface area contributed by atoms with Crippen LogP contribution in [0.3, 0.4) is 0 Å². The molecule has 1 heterocycles. The lowest BCUT2D eigenvalue weighted by Crippen LogP contribution is -2.59. The zero-order chi connectivity index (χ0) is 108. The molecule has 38 heteroatoms. The van der Waals surface area contributed by atoms with Crippen molar-refractivity contribution >= 4 is 82.3 Å². The van der Waals surface area contributed by atoms with E-state index in [-0.39, 0.29) is 160 Å². The number of ether oxygens (including phenoxy) is 7. The number of nitrogens with zero attached hydrogens (tertiary/aromatic N) is 4. The van der Waals surface area contributed by atoms with Crippen LogP contribution in [0.15, 0.2) is 126 Å². The molecule has 6 rings (SSSR count). The monoisotopic (exact) mass is 2000 g/mol. The van der Waals surface area contributed by atoms with E-state index in [1.54, 1.807) is 44.7 Å². The van der Waals surface area contributed by atoms with Crippen LogP contribution in [-0.2, 0) is 110 Å². The third-order valence-corrected chi connectivity index (χ3v) is 25.7. The van der Waals surface area contributed by atoms with Crippen molar-refractivity contribution in [3.8, 4) is 0 Å². The van der Waals surface area contributed by atoms with Gasteiger partial charge in [0.2, 0.25) is 24.8 Å². The molecule has 0 radical (unpaired) electrons. The molecule has 2 fully saturated rings. The predicted molar refractivity (Wildman–Crippen MR) is 527 cm³/mol. The van der Waals surface area contributed by atoms with Gasteiger partial charge in [0.1, 0.15) is 38.0 Å². The molecule has 3 aromatic carbocycles. The number of esters is 3. The second kappa shape index (κ2) is 72.6. The molecule has 780 valence electrons. The largest absolute Gasteiger partial charge is 0.466 e. The summed E-state index contributed by atoms with van der Waals surface area (Å²) in [4.78, 5) is 166. The Kier molecular flexibility index (Phi) is 71.9. The van der Waals surface area contributed by atoms with Crippen molar-refractivity contribution in [2.75, 3.05) is 52.8 Å². The molecule has 2 aliphatic carbocycles. The molecule has 1 aliphatic heterocycles.